The number of amides is 2. The van der Waals surface area contributed by atoms with Crippen molar-refractivity contribution in [2.75, 3.05) is 10.6 Å². The molecule has 0 spiro atoms. The number of ketones is 1. The maximum atomic E-state index is 15.0. The van der Waals surface area contributed by atoms with Crippen LogP contribution in [0.3, 0.4) is 0 Å². The molecule has 1 aromatic heterocycles. The van der Waals surface area contributed by atoms with E-state index in [9.17, 15) is 14.0 Å². The van der Waals surface area contributed by atoms with Crippen LogP contribution in [-0.4, -0.2) is 21.8 Å². The van der Waals surface area contributed by atoms with Gasteiger partial charge in [-0.25, -0.2) is 9.18 Å². The van der Waals surface area contributed by atoms with E-state index in [2.05, 4.69) is 20.6 Å². The van der Waals surface area contributed by atoms with E-state index in [0.717, 1.165) is 0 Å². The van der Waals surface area contributed by atoms with Crippen LogP contribution in [0.15, 0.2) is 73.1 Å². The van der Waals surface area contributed by atoms with Gasteiger partial charge in [-0.3, -0.25) is 14.8 Å². The summed E-state index contributed by atoms with van der Waals surface area (Å²) >= 11 is 5.89. The number of fused-ring (bicyclic) bond motifs is 1. The summed E-state index contributed by atoms with van der Waals surface area (Å²) in [6.07, 6.45) is 3.06. The summed E-state index contributed by atoms with van der Waals surface area (Å²) in [5.41, 5.74) is 1.58. The maximum absolute atomic E-state index is 15.0. The number of halogens is 2. The fourth-order valence-electron chi connectivity index (χ4n) is 2.91. The lowest BCUT2D eigenvalue weighted by molar-refractivity contribution is 0.103. The van der Waals surface area contributed by atoms with Gasteiger partial charge in [0.1, 0.15) is 0 Å². The van der Waals surface area contributed by atoms with Gasteiger partial charge in [-0.05, 0) is 48.5 Å². The lowest BCUT2D eigenvalue weighted by Crippen LogP contribution is -2.20. The van der Waals surface area contributed by atoms with Crippen molar-refractivity contribution in [3.05, 3.63) is 95.0 Å². The first kappa shape index (κ1) is 19.5. The van der Waals surface area contributed by atoms with E-state index in [1.807, 2.05) is 0 Å². The molecule has 0 aliphatic heterocycles. The number of nitrogens with one attached hydrogen (secondary N) is 2. The normalized spacial score (nSPS) is 10.6. The molecule has 0 aliphatic rings. The van der Waals surface area contributed by atoms with Crippen molar-refractivity contribution in [3.8, 4) is 0 Å². The molecule has 0 radical (unpaired) electrons. The van der Waals surface area contributed by atoms with Gasteiger partial charge < -0.3 is 10.6 Å². The highest BCUT2D eigenvalue weighted by molar-refractivity contribution is 6.30. The molecule has 0 aliphatic carbocycles. The van der Waals surface area contributed by atoms with Gasteiger partial charge in [-0.1, -0.05) is 23.7 Å². The Morgan fingerprint density at radius 2 is 1.63 bits per heavy atom. The van der Waals surface area contributed by atoms with Crippen molar-refractivity contribution >= 4 is 45.8 Å². The van der Waals surface area contributed by atoms with Crippen molar-refractivity contribution in [2.24, 2.45) is 0 Å². The Labute approximate surface area is 175 Å². The quantitative estimate of drug-likeness (QED) is 0.439. The Morgan fingerprint density at radius 3 is 2.43 bits per heavy atom. The third kappa shape index (κ3) is 4.11. The van der Waals surface area contributed by atoms with E-state index < -0.39 is 17.6 Å². The fraction of sp³-hybridized carbons (Fsp3) is 0. The molecule has 2 N–H and O–H groups in total. The van der Waals surface area contributed by atoms with Crippen LogP contribution in [-0.2, 0) is 0 Å². The van der Waals surface area contributed by atoms with E-state index in [1.165, 1.54) is 24.4 Å². The second kappa shape index (κ2) is 8.26. The van der Waals surface area contributed by atoms with Gasteiger partial charge in [0.2, 0.25) is 0 Å². The molecule has 4 aromatic rings. The molecule has 3 aromatic carbocycles. The lowest BCUT2D eigenvalue weighted by Gasteiger charge is -2.11. The second-order valence-electron chi connectivity index (χ2n) is 6.35. The summed E-state index contributed by atoms with van der Waals surface area (Å²) < 4.78 is 15.0. The summed E-state index contributed by atoms with van der Waals surface area (Å²) in [5, 5.41) is 5.42. The van der Waals surface area contributed by atoms with Gasteiger partial charge >= 0.3 is 6.03 Å². The van der Waals surface area contributed by atoms with Crippen LogP contribution in [0.5, 0.6) is 0 Å². The number of aromatic nitrogens is 2. The van der Waals surface area contributed by atoms with E-state index in [4.69, 9.17) is 11.6 Å². The number of hydrogen-bond acceptors (Lipinski definition) is 4. The summed E-state index contributed by atoms with van der Waals surface area (Å²) in [7, 11) is 0. The molecule has 0 fully saturated rings. The molecule has 4 rings (SSSR count). The van der Waals surface area contributed by atoms with Crippen LogP contribution < -0.4 is 10.6 Å². The Balaban J connectivity index is 1.57. The monoisotopic (exact) mass is 420 g/mol. The smallest absolute Gasteiger partial charge is 0.308 e. The van der Waals surface area contributed by atoms with Crippen molar-refractivity contribution < 1.29 is 14.0 Å². The minimum atomic E-state index is -0.831. The Morgan fingerprint density at radius 1 is 0.867 bits per heavy atom. The van der Waals surface area contributed by atoms with Gasteiger partial charge in [-0.2, -0.15) is 0 Å². The first-order valence-electron chi connectivity index (χ1n) is 8.89. The summed E-state index contributed by atoms with van der Waals surface area (Å²) in [6, 6.07) is 14.9. The third-order valence-electron chi connectivity index (χ3n) is 4.31. The Kier molecular flexibility index (Phi) is 5.36. The molecule has 8 heteroatoms. The average molecular weight is 421 g/mol. The molecule has 0 atom stereocenters. The number of urea groups is 1. The number of anilines is 2. The Hall–Kier alpha value is -3.84. The highest BCUT2D eigenvalue weighted by Gasteiger charge is 2.18. The first-order valence-corrected chi connectivity index (χ1v) is 9.26. The van der Waals surface area contributed by atoms with Crippen molar-refractivity contribution in [3.63, 3.8) is 0 Å². The topological polar surface area (TPSA) is 84.0 Å². The van der Waals surface area contributed by atoms with Gasteiger partial charge in [-0.15, -0.1) is 0 Å². The van der Waals surface area contributed by atoms with Crippen LogP contribution in [0.4, 0.5) is 20.6 Å². The van der Waals surface area contributed by atoms with E-state index in [1.54, 1.807) is 48.7 Å². The zero-order valence-electron chi connectivity index (χ0n) is 15.4. The first-order chi connectivity index (χ1) is 14.5. The van der Waals surface area contributed by atoms with Gasteiger partial charge in [0.15, 0.2) is 11.6 Å². The van der Waals surface area contributed by atoms with Crippen LogP contribution in [0.1, 0.15) is 15.9 Å². The summed E-state index contributed by atoms with van der Waals surface area (Å²) in [4.78, 5) is 33.4. The standard InChI is InChI=1S/C22H14ClFN4O2/c23-14-3-1-4-15(12-14)27-22(30)28-18-6-2-5-16(20(18)24)21(29)13-7-8-17-19(11-13)26-10-9-25-17/h1-12H,(H2,27,28,30). The van der Waals surface area contributed by atoms with Crippen molar-refractivity contribution in [1.29, 1.82) is 0 Å². The van der Waals surface area contributed by atoms with Crippen molar-refractivity contribution in [2.45, 2.75) is 0 Å². The highest BCUT2D eigenvalue weighted by atomic mass is 35.5. The molecule has 0 unspecified atom stereocenters. The highest BCUT2D eigenvalue weighted by Crippen LogP contribution is 2.23. The van der Waals surface area contributed by atoms with Crippen LogP contribution >= 0.6 is 11.6 Å². The minimum absolute atomic E-state index is 0.124. The molecule has 1 heterocycles. The maximum Gasteiger partial charge on any atom is 0.323 e. The molecule has 148 valence electrons. The second-order valence-corrected chi connectivity index (χ2v) is 6.78. The molecule has 0 bridgehead atoms. The third-order valence-corrected chi connectivity index (χ3v) is 4.54. The molecule has 6 nitrogen and oxygen atoms in total. The molecule has 0 saturated heterocycles. The van der Waals surface area contributed by atoms with Crippen LogP contribution in [0.25, 0.3) is 11.0 Å². The van der Waals surface area contributed by atoms with Crippen LogP contribution in [0, 0.1) is 5.82 Å². The Bertz CT molecular complexity index is 1280. The number of carbonyl (C=O) groups excluding carboxylic acids is 2. The molecule has 0 saturated carbocycles. The molecular weight excluding hydrogens is 407 g/mol. The van der Waals surface area contributed by atoms with Crippen LogP contribution in [0.2, 0.25) is 5.02 Å². The van der Waals surface area contributed by atoms with E-state index >= 15 is 0 Å². The van der Waals surface area contributed by atoms with E-state index in [-0.39, 0.29) is 16.8 Å². The largest absolute Gasteiger partial charge is 0.323 e. The molecule has 2 amide bonds. The SMILES string of the molecule is O=C(Nc1cccc(Cl)c1)Nc1cccc(C(=O)c2ccc3nccnc3c2)c1F. The summed E-state index contributed by atoms with van der Waals surface area (Å²) in [5.74, 6) is -1.36. The zero-order valence-corrected chi connectivity index (χ0v) is 16.2. The number of nitrogens with zero attached hydrogens (tertiary/aromatic N) is 2. The molecule has 30 heavy (non-hydrogen) atoms. The van der Waals surface area contributed by atoms with Gasteiger partial charge in [0, 0.05) is 28.7 Å². The van der Waals surface area contributed by atoms with E-state index in [0.29, 0.717) is 21.7 Å². The minimum Gasteiger partial charge on any atom is -0.308 e. The predicted octanol–water partition coefficient (Wildman–Crippen LogP) is 5.30. The van der Waals surface area contributed by atoms with Gasteiger partial charge in [0.25, 0.3) is 0 Å². The lowest BCUT2D eigenvalue weighted by atomic mass is 10.0. The molecular formula is C22H14ClFN4O2. The van der Waals surface area contributed by atoms with Crippen molar-refractivity contribution in [1.82, 2.24) is 9.97 Å². The predicted molar refractivity (Wildman–Crippen MR) is 113 cm³/mol. The van der Waals surface area contributed by atoms with Gasteiger partial charge in [0.05, 0.1) is 22.3 Å². The summed E-state index contributed by atoms with van der Waals surface area (Å²) in [6.45, 7) is 0. The number of benzene rings is 3. The number of rotatable bonds is 4. The fourth-order valence-corrected chi connectivity index (χ4v) is 3.11. The zero-order chi connectivity index (χ0) is 21.1. The number of carbonyl (C=O) groups is 2. The average Bonchev–Trinajstić information content (AvgIpc) is 2.74. The number of hydrogen-bond donors (Lipinski definition) is 2.